The topological polar surface area (TPSA) is 23.6 Å². The third kappa shape index (κ3) is 3.87. The van der Waals surface area contributed by atoms with Crippen molar-refractivity contribution >= 4 is 23.2 Å². The van der Waals surface area contributed by atoms with E-state index in [9.17, 15) is 4.79 Å². The van der Waals surface area contributed by atoms with Crippen LogP contribution in [0.1, 0.15) is 26.2 Å². The molecule has 1 fully saturated rings. The van der Waals surface area contributed by atoms with Gasteiger partial charge in [-0.2, -0.15) is 0 Å². The average Bonchev–Trinajstić information content (AvgIpc) is 2.46. The summed E-state index contributed by atoms with van der Waals surface area (Å²) in [6.45, 7) is 5.57. The highest BCUT2D eigenvalue weighted by Crippen LogP contribution is 2.19. The number of benzene rings is 1. The molecule has 4 heteroatoms. The van der Waals surface area contributed by atoms with Crippen LogP contribution in [-0.2, 0) is 4.79 Å². The Hall–Kier alpha value is -1.22. The summed E-state index contributed by atoms with van der Waals surface area (Å²) in [5.41, 5.74) is 1.19. The van der Waals surface area contributed by atoms with Crippen LogP contribution in [0.25, 0.3) is 0 Å². The molecule has 1 heterocycles. The molecule has 0 unspecified atom stereocenters. The Morgan fingerprint density at radius 1 is 1.16 bits per heavy atom. The molecule has 2 rings (SSSR count). The third-order valence-corrected chi connectivity index (χ3v) is 3.82. The van der Waals surface area contributed by atoms with Crippen molar-refractivity contribution in [1.82, 2.24) is 4.90 Å². The summed E-state index contributed by atoms with van der Waals surface area (Å²) in [6, 6.07) is 7.90. The molecular formula is C15H21ClN2O. The maximum atomic E-state index is 11.9. The third-order valence-electron chi connectivity index (χ3n) is 3.57. The molecule has 0 saturated carbocycles. The second kappa shape index (κ2) is 6.80. The summed E-state index contributed by atoms with van der Waals surface area (Å²) in [5, 5.41) is 0.761. The molecule has 0 aromatic heterocycles. The maximum absolute atomic E-state index is 11.9. The quantitative estimate of drug-likeness (QED) is 0.846. The monoisotopic (exact) mass is 280 g/mol. The van der Waals surface area contributed by atoms with Crippen molar-refractivity contribution in [3.8, 4) is 0 Å². The Labute approximate surface area is 120 Å². The van der Waals surface area contributed by atoms with Crippen LogP contribution in [0.5, 0.6) is 0 Å². The highest BCUT2D eigenvalue weighted by atomic mass is 35.5. The number of piperazine rings is 1. The summed E-state index contributed by atoms with van der Waals surface area (Å²) in [5.74, 6) is 0.303. The van der Waals surface area contributed by atoms with Crippen LogP contribution >= 0.6 is 11.6 Å². The fourth-order valence-corrected chi connectivity index (χ4v) is 2.48. The van der Waals surface area contributed by atoms with Gasteiger partial charge in [0.25, 0.3) is 0 Å². The zero-order chi connectivity index (χ0) is 13.7. The van der Waals surface area contributed by atoms with Crippen LogP contribution < -0.4 is 4.90 Å². The molecule has 0 spiro atoms. The lowest BCUT2D eigenvalue weighted by molar-refractivity contribution is -0.131. The van der Waals surface area contributed by atoms with Crippen LogP contribution in [0, 0.1) is 0 Å². The predicted molar refractivity (Wildman–Crippen MR) is 79.8 cm³/mol. The molecule has 1 aliphatic heterocycles. The largest absolute Gasteiger partial charge is 0.368 e. The zero-order valence-corrected chi connectivity index (χ0v) is 12.2. The number of carbonyl (C=O) groups excluding carboxylic acids is 1. The van der Waals surface area contributed by atoms with Crippen LogP contribution in [0.2, 0.25) is 5.02 Å². The van der Waals surface area contributed by atoms with Crippen molar-refractivity contribution in [1.29, 1.82) is 0 Å². The van der Waals surface area contributed by atoms with E-state index in [1.165, 1.54) is 5.69 Å². The Bertz CT molecular complexity index is 411. The van der Waals surface area contributed by atoms with E-state index in [2.05, 4.69) is 11.8 Å². The van der Waals surface area contributed by atoms with Crippen LogP contribution in [-0.4, -0.2) is 37.0 Å². The lowest BCUT2D eigenvalue weighted by Gasteiger charge is -2.36. The second-order valence-electron chi connectivity index (χ2n) is 4.95. The number of unbranched alkanes of at least 4 members (excludes halogenated alkanes) is 1. The van der Waals surface area contributed by atoms with E-state index in [0.717, 1.165) is 44.0 Å². The minimum Gasteiger partial charge on any atom is -0.368 e. The standard InChI is InChI=1S/C15H21ClN2O/c1-2-3-4-15(19)18-11-9-17(10-12-18)14-7-5-13(16)6-8-14/h5-8H,2-4,9-12H2,1H3. The van der Waals surface area contributed by atoms with Gasteiger partial charge >= 0.3 is 0 Å². The van der Waals surface area contributed by atoms with Crippen molar-refractivity contribution in [3.05, 3.63) is 29.3 Å². The van der Waals surface area contributed by atoms with Gasteiger partial charge in [0.15, 0.2) is 0 Å². The average molecular weight is 281 g/mol. The summed E-state index contributed by atoms with van der Waals surface area (Å²) in [4.78, 5) is 16.2. The van der Waals surface area contributed by atoms with Crippen molar-refractivity contribution < 1.29 is 4.79 Å². The maximum Gasteiger partial charge on any atom is 0.222 e. The van der Waals surface area contributed by atoms with E-state index < -0.39 is 0 Å². The number of carbonyl (C=O) groups is 1. The number of hydrogen-bond acceptors (Lipinski definition) is 2. The minimum atomic E-state index is 0.303. The zero-order valence-electron chi connectivity index (χ0n) is 11.4. The number of anilines is 1. The van der Waals surface area contributed by atoms with E-state index in [4.69, 9.17) is 11.6 Å². The van der Waals surface area contributed by atoms with Crippen molar-refractivity contribution in [2.75, 3.05) is 31.1 Å². The first-order valence-corrected chi connectivity index (χ1v) is 7.37. The van der Waals surface area contributed by atoms with E-state index >= 15 is 0 Å². The lowest BCUT2D eigenvalue weighted by Crippen LogP contribution is -2.48. The van der Waals surface area contributed by atoms with Gasteiger partial charge in [0.1, 0.15) is 0 Å². The summed E-state index contributed by atoms with van der Waals surface area (Å²) in [6.07, 6.45) is 2.77. The number of hydrogen-bond donors (Lipinski definition) is 0. The minimum absolute atomic E-state index is 0.303. The molecular weight excluding hydrogens is 260 g/mol. The summed E-state index contributed by atoms with van der Waals surface area (Å²) >= 11 is 5.89. The van der Waals surface area contributed by atoms with Gasteiger partial charge in [-0.15, -0.1) is 0 Å². The van der Waals surface area contributed by atoms with Crippen molar-refractivity contribution in [2.24, 2.45) is 0 Å². The predicted octanol–water partition coefficient (Wildman–Crippen LogP) is 3.18. The van der Waals surface area contributed by atoms with Gasteiger partial charge in [0.2, 0.25) is 5.91 Å². The number of nitrogens with zero attached hydrogens (tertiary/aromatic N) is 2. The van der Waals surface area contributed by atoms with Gasteiger partial charge in [-0.05, 0) is 30.7 Å². The Balaban J connectivity index is 1.85. The molecule has 1 saturated heterocycles. The smallest absolute Gasteiger partial charge is 0.222 e. The van der Waals surface area contributed by atoms with Gasteiger partial charge in [0, 0.05) is 43.3 Å². The van der Waals surface area contributed by atoms with E-state index in [-0.39, 0.29) is 0 Å². The van der Waals surface area contributed by atoms with E-state index in [0.29, 0.717) is 12.3 Å². The van der Waals surface area contributed by atoms with Crippen molar-refractivity contribution in [3.63, 3.8) is 0 Å². The molecule has 19 heavy (non-hydrogen) atoms. The fraction of sp³-hybridized carbons (Fsp3) is 0.533. The normalized spacial score (nSPS) is 15.7. The molecule has 1 aromatic carbocycles. The molecule has 104 valence electrons. The first-order valence-electron chi connectivity index (χ1n) is 6.99. The lowest BCUT2D eigenvalue weighted by atomic mass is 10.2. The fourth-order valence-electron chi connectivity index (χ4n) is 2.35. The Kier molecular flexibility index (Phi) is 5.08. The Morgan fingerprint density at radius 2 is 1.79 bits per heavy atom. The summed E-state index contributed by atoms with van der Waals surface area (Å²) in [7, 11) is 0. The van der Waals surface area contributed by atoms with Gasteiger partial charge < -0.3 is 9.80 Å². The molecule has 0 N–H and O–H groups in total. The Morgan fingerprint density at radius 3 is 2.37 bits per heavy atom. The van der Waals surface area contributed by atoms with Crippen LogP contribution in [0.15, 0.2) is 24.3 Å². The molecule has 0 radical (unpaired) electrons. The number of amides is 1. The first-order chi connectivity index (χ1) is 9.20. The van der Waals surface area contributed by atoms with E-state index in [1.54, 1.807) is 0 Å². The number of halogens is 1. The molecule has 1 aliphatic rings. The van der Waals surface area contributed by atoms with Crippen LogP contribution in [0.3, 0.4) is 0 Å². The van der Waals surface area contributed by atoms with E-state index in [1.807, 2.05) is 29.2 Å². The van der Waals surface area contributed by atoms with Crippen LogP contribution in [0.4, 0.5) is 5.69 Å². The second-order valence-corrected chi connectivity index (χ2v) is 5.38. The molecule has 0 bridgehead atoms. The SMILES string of the molecule is CCCCC(=O)N1CCN(c2ccc(Cl)cc2)CC1. The van der Waals surface area contributed by atoms with Gasteiger partial charge in [-0.3, -0.25) is 4.79 Å². The van der Waals surface area contributed by atoms with Gasteiger partial charge in [0.05, 0.1) is 0 Å². The first kappa shape index (κ1) is 14.2. The highest BCUT2D eigenvalue weighted by molar-refractivity contribution is 6.30. The summed E-state index contributed by atoms with van der Waals surface area (Å²) < 4.78 is 0. The van der Waals surface area contributed by atoms with Crippen molar-refractivity contribution in [2.45, 2.75) is 26.2 Å². The molecule has 0 aliphatic carbocycles. The molecule has 0 atom stereocenters. The van der Waals surface area contributed by atoms with Gasteiger partial charge in [-0.1, -0.05) is 24.9 Å². The molecule has 1 aromatic rings. The highest BCUT2D eigenvalue weighted by Gasteiger charge is 2.20. The van der Waals surface area contributed by atoms with Gasteiger partial charge in [-0.25, -0.2) is 0 Å². The number of rotatable bonds is 4. The molecule has 1 amide bonds. The molecule has 3 nitrogen and oxygen atoms in total.